The van der Waals surface area contributed by atoms with E-state index in [0.29, 0.717) is 0 Å². The molecule has 0 radical (unpaired) electrons. The number of rotatable bonds is 4. The number of nitro benzene ring substituents is 1. The highest BCUT2D eigenvalue weighted by Gasteiger charge is 2.29. The number of halogens is 1. The van der Waals surface area contributed by atoms with Gasteiger partial charge in [0, 0.05) is 6.07 Å². The van der Waals surface area contributed by atoms with Crippen molar-refractivity contribution in [3.63, 3.8) is 0 Å². The van der Waals surface area contributed by atoms with E-state index in [9.17, 15) is 28.0 Å². The molecule has 0 aliphatic carbocycles. The second kappa shape index (κ2) is 5.37. The molecule has 0 saturated heterocycles. The maximum absolute atomic E-state index is 13.5. The van der Waals surface area contributed by atoms with Crippen molar-refractivity contribution in [1.82, 2.24) is 0 Å². The quantitative estimate of drug-likeness (QED) is 0.664. The summed E-state index contributed by atoms with van der Waals surface area (Å²) in [6.45, 7) is 0. The van der Waals surface area contributed by atoms with Crippen LogP contribution < -0.4 is 4.72 Å². The molecule has 0 atom stereocenters. The Kier molecular flexibility index (Phi) is 3.76. The number of aromatic hydroxyl groups is 1. The van der Waals surface area contributed by atoms with Gasteiger partial charge >= 0.3 is 5.69 Å². The standard InChI is InChI=1S/C12H9FN2O5S/c13-10-5-2-6-11(12(10)15(17)18)21(19,20)14-8-3-1-4-9(16)7-8/h1-7,14,16H. The van der Waals surface area contributed by atoms with Crippen LogP contribution in [0.5, 0.6) is 5.75 Å². The van der Waals surface area contributed by atoms with Gasteiger partial charge in [-0.05, 0) is 24.3 Å². The molecule has 0 spiro atoms. The van der Waals surface area contributed by atoms with Gasteiger partial charge in [0.2, 0.25) is 5.82 Å². The summed E-state index contributed by atoms with van der Waals surface area (Å²) < 4.78 is 39.8. The van der Waals surface area contributed by atoms with Crippen LogP contribution in [0.15, 0.2) is 47.4 Å². The number of hydrogen-bond donors (Lipinski definition) is 2. The van der Waals surface area contributed by atoms with Crippen molar-refractivity contribution in [3.05, 3.63) is 58.4 Å². The largest absolute Gasteiger partial charge is 0.508 e. The van der Waals surface area contributed by atoms with Crippen LogP contribution in [0, 0.1) is 15.9 Å². The van der Waals surface area contributed by atoms with Crippen molar-refractivity contribution >= 4 is 21.4 Å². The summed E-state index contributed by atoms with van der Waals surface area (Å²) in [5, 5.41) is 20.1. The molecule has 0 aromatic heterocycles. The summed E-state index contributed by atoms with van der Waals surface area (Å²) >= 11 is 0. The lowest BCUT2D eigenvalue weighted by Crippen LogP contribution is -2.15. The molecule has 0 heterocycles. The summed E-state index contributed by atoms with van der Waals surface area (Å²) in [6, 6.07) is 7.93. The molecule has 0 fully saturated rings. The summed E-state index contributed by atoms with van der Waals surface area (Å²) in [5.41, 5.74) is -1.14. The van der Waals surface area contributed by atoms with E-state index in [1.807, 2.05) is 4.72 Å². The molecule has 0 saturated carbocycles. The fourth-order valence-corrected chi connectivity index (χ4v) is 2.90. The van der Waals surface area contributed by atoms with Gasteiger partial charge in [0.05, 0.1) is 10.6 Å². The van der Waals surface area contributed by atoms with Gasteiger partial charge in [-0.15, -0.1) is 0 Å². The van der Waals surface area contributed by atoms with Gasteiger partial charge in [-0.2, -0.15) is 4.39 Å². The molecule has 0 aliphatic heterocycles. The predicted octanol–water partition coefficient (Wildman–Crippen LogP) is 2.24. The van der Waals surface area contributed by atoms with Crippen molar-refractivity contribution in [2.75, 3.05) is 4.72 Å². The highest BCUT2D eigenvalue weighted by atomic mass is 32.2. The first-order valence-corrected chi connectivity index (χ1v) is 7.04. The smallest absolute Gasteiger partial charge is 0.325 e. The first-order chi connectivity index (χ1) is 9.81. The Morgan fingerprint density at radius 2 is 1.86 bits per heavy atom. The zero-order chi connectivity index (χ0) is 15.6. The van der Waals surface area contributed by atoms with Crippen molar-refractivity contribution in [3.8, 4) is 5.75 Å². The fraction of sp³-hybridized carbons (Fsp3) is 0. The average Bonchev–Trinajstić information content (AvgIpc) is 2.37. The minimum absolute atomic E-state index is 0.00596. The number of nitrogens with one attached hydrogen (secondary N) is 1. The lowest BCUT2D eigenvalue weighted by Gasteiger charge is -2.09. The topological polar surface area (TPSA) is 110 Å². The van der Waals surface area contributed by atoms with Gasteiger partial charge in [0.1, 0.15) is 5.75 Å². The number of anilines is 1. The number of hydrogen-bond acceptors (Lipinski definition) is 5. The van der Waals surface area contributed by atoms with E-state index in [4.69, 9.17) is 0 Å². The van der Waals surface area contributed by atoms with Crippen molar-refractivity contribution in [2.24, 2.45) is 0 Å². The summed E-state index contributed by atoms with van der Waals surface area (Å²) in [4.78, 5) is 8.93. The molecular formula is C12H9FN2O5S. The Hall–Kier alpha value is -2.68. The number of benzene rings is 2. The van der Waals surface area contributed by atoms with E-state index in [0.717, 1.165) is 24.3 Å². The minimum Gasteiger partial charge on any atom is -0.508 e. The molecule has 21 heavy (non-hydrogen) atoms. The monoisotopic (exact) mass is 312 g/mol. The second-order valence-corrected chi connectivity index (χ2v) is 5.65. The van der Waals surface area contributed by atoms with Crippen LogP contribution in [-0.2, 0) is 10.0 Å². The van der Waals surface area contributed by atoms with Gasteiger partial charge < -0.3 is 5.11 Å². The summed E-state index contributed by atoms with van der Waals surface area (Å²) in [7, 11) is -4.37. The van der Waals surface area contributed by atoms with E-state index in [-0.39, 0.29) is 11.4 Å². The fourth-order valence-electron chi connectivity index (χ4n) is 1.67. The van der Waals surface area contributed by atoms with Crippen LogP contribution in [0.2, 0.25) is 0 Å². The zero-order valence-electron chi connectivity index (χ0n) is 10.4. The molecule has 2 aromatic rings. The van der Waals surface area contributed by atoms with E-state index >= 15 is 0 Å². The van der Waals surface area contributed by atoms with Crippen LogP contribution in [-0.4, -0.2) is 18.4 Å². The average molecular weight is 312 g/mol. The number of phenolic OH excluding ortho intramolecular Hbond substituents is 1. The summed E-state index contributed by atoms with van der Waals surface area (Å²) in [5.74, 6) is -1.44. The second-order valence-electron chi connectivity index (χ2n) is 4.00. The minimum atomic E-state index is -4.37. The Morgan fingerprint density at radius 3 is 2.48 bits per heavy atom. The van der Waals surface area contributed by atoms with Crippen molar-refractivity contribution in [1.29, 1.82) is 0 Å². The van der Waals surface area contributed by atoms with Crippen molar-refractivity contribution < 1.29 is 22.8 Å². The van der Waals surface area contributed by atoms with Gasteiger partial charge in [-0.3, -0.25) is 14.8 Å². The van der Waals surface area contributed by atoms with Crippen LogP contribution in [0.3, 0.4) is 0 Å². The Balaban J connectivity index is 2.50. The third-order valence-corrected chi connectivity index (χ3v) is 3.93. The maximum Gasteiger partial charge on any atom is 0.325 e. The van der Waals surface area contributed by atoms with Crippen LogP contribution in [0.4, 0.5) is 15.8 Å². The van der Waals surface area contributed by atoms with Gasteiger partial charge in [0.25, 0.3) is 10.0 Å². The lowest BCUT2D eigenvalue weighted by atomic mass is 10.3. The molecule has 0 unspecified atom stereocenters. The SMILES string of the molecule is O=[N+]([O-])c1c(F)cccc1S(=O)(=O)Nc1cccc(O)c1. The molecule has 0 aliphatic rings. The van der Waals surface area contributed by atoms with E-state index in [1.165, 1.54) is 18.2 Å². The molecule has 0 bridgehead atoms. The van der Waals surface area contributed by atoms with Crippen molar-refractivity contribution in [2.45, 2.75) is 4.90 Å². The van der Waals surface area contributed by atoms with Gasteiger partial charge in [0.15, 0.2) is 4.90 Å². The molecule has 2 rings (SSSR count). The van der Waals surface area contributed by atoms with Crippen LogP contribution in [0.1, 0.15) is 0 Å². The van der Waals surface area contributed by atoms with Gasteiger partial charge in [-0.1, -0.05) is 12.1 Å². The lowest BCUT2D eigenvalue weighted by molar-refractivity contribution is -0.390. The van der Waals surface area contributed by atoms with Crippen LogP contribution >= 0.6 is 0 Å². The maximum atomic E-state index is 13.5. The molecular weight excluding hydrogens is 303 g/mol. The highest BCUT2D eigenvalue weighted by Crippen LogP contribution is 2.28. The summed E-state index contributed by atoms with van der Waals surface area (Å²) in [6.07, 6.45) is 0. The Labute approximate surface area is 118 Å². The third kappa shape index (κ3) is 3.08. The number of nitro groups is 1. The number of sulfonamides is 1. The predicted molar refractivity (Wildman–Crippen MR) is 72.0 cm³/mol. The Morgan fingerprint density at radius 1 is 1.19 bits per heavy atom. The zero-order valence-corrected chi connectivity index (χ0v) is 11.2. The van der Waals surface area contributed by atoms with Gasteiger partial charge in [-0.25, -0.2) is 8.42 Å². The normalized spacial score (nSPS) is 11.1. The first kappa shape index (κ1) is 14.7. The molecule has 2 N–H and O–H groups in total. The highest BCUT2D eigenvalue weighted by molar-refractivity contribution is 7.92. The van der Waals surface area contributed by atoms with E-state index < -0.39 is 31.3 Å². The molecule has 7 nitrogen and oxygen atoms in total. The molecule has 9 heteroatoms. The number of phenols is 1. The Bertz CT molecular complexity index is 807. The molecule has 0 amide bonds. The van der Waals surface area contributed by atoms with E-state index in [2.05, 4.69) is 0 Å². The van der Waals surface area contributed by atoms with E-state index in [1.54, 1.807) is 0 Å². The number of nitrogens with zero attached hydrogens (tertiary/aromatic N) is 1. The first-order valence-electron chi connectivity index (χ1n) is 5.56. The molecule has 110 valence electrons. The van der Waals surface area contributed by atoms with Crippen LogP contribution in [0.25, 0.3) is 0 Å². The molecule has 2 aromatic carbocycles. The number of para-hydroxylation sites is 1. The third-order valence-electron chi connectivity index (χ3n) is 2.52.